The van der Waals surface area contributed by atoms with Crippen LogP contribution in [0, 0.1) is 0 Å². The number of aliphatic hydroxyl groups excluding tert-OH is 2. The van der Waals surface area contributed by atoms with Crippen molar-refractivity contribution in [2.75, 3.05) is 11.1 Å². The lowest BCUT2D eigenvalue weighted by Crippen LogP contribution is -2.41. The van der Waals surface area contributed by atoms with Crippen LogP contribution in [0.3, 0.4) is 0 Å². The van der Waals surface area contributed by atoms with Gasteiger partial charge in [-0.3, -0.25) is 4.57 Å². The van der Waals surface area contributed by atoms with Gasteiger partial charge in [0.1, 0.15) is 18.3 Å². The number of hydrogen-bond donors (Lipinski definition) is 5. The zero-order valence-electron chi connectivity index (χ0n) is 17.7. The maximum atomic E-state index is 14.5. The molecule has 4 rings (SSSR count). The third-order valence-corrected chi connectivity index (χ3v) is 10.7. The lowest BCUT2D eigenvalue weighted by atomic mass is 10.1. The highest BCUT2D eigenvalue weighted by atomic mass is 35.5. The lowest BCUT2D eigenvalue weighted by Gasteiger charge is -2.24. The number of anilines is 1. The number of aliphatic hydroxyl groups is 2. The van der Waals surface area contributed by atoms with Gasteiger partial charge in [-0.15, -0.1) is 5.10 Å². The lowest BCUT2D eigenvalue weighted by molar-refractivity contribution is -0.0376. The molecule has 190 valence electrons. The summed E-state index contributed by atoms with van der Waals surface area (Å²) in [6.45, 7) is 0.223. The van der Waals surface area contributed by atoms with Crippen molar-refractivity contribution in [3.8, 4) is 0 Å². The summed E-state index contributed by atoms with van der Waals surface area (Å²) < 4.78 is 53.0. The highest BCUT2D eigenvalue weighted by Gasteiger charge is 2.57. The van der Waals surface area contributed by atoms with Gasteiger partial charge in [-0.1, -0.05) is 18.1 Å². The maximum Gasteiger partial charge on any atom is 0.377 e. The van der Waals surface area contributed by atoms with Crippen molar-refractivity contribution in [2.45, 2.75) is 67.9 Å². The van der Waals surface area contributed by atoms with Gasteiger partial charge in [0.05, 0.1) is 5.75 Å². The van der Waals surface area contributed by atoms with E-state index in [1.807, 2.05) is 0 Å². The number of fused-ring (bicyclic) bond motifs is 1. The second-order valence-corrected chi connectivity index (χ2v) is 13.3. The second kappa shape index (κ2) is 8.85. The van der Waals surface area contributed by atoms with Gasteiger partial charge < -0.3 is 30.1 Å². The molecule has 1 aliphatic heterocycles. The zero-order chi connectivity index (χ0) is 25.1. The monoisotopic (exact) mass is 544 g/mol. The summed E-state index contributed by atoms with van der Waals surface area (Å²) in [5.74, 6) is -1.02. The molecule has 2 fully saturated rings. The van der Waals surface area contributed by atoms with Gasteiger partial charge in [-0.2, -0.15) is 14.6 Å². The van der Waals surface area contributed by atoms with Gasteiger partial charge in [0, 0.05) is 6.04 Å². The first-order valence-electron chi connectivity index (χ1n) is 10.3. The van der Waals surface area contributed by atoms with E-state index in [4.69, 9.17) is 26.1 Å². The molecular formula is C16H23ClFN6O8PS. The van der Waals surface area contributed by atoms with Crippen molar-refractivity contribution in [3.63, 3.8) is 0 Å². The summed E-state index contributed by atoms with van der Waals surface area (Å²) in [5, 5.41) is 31.8. The maximum absolute atomic E-state index is 14.5. The predicted octanol–water partition coefficient (Wildman–Crippen LogP) is 0.0841. The van der Waals surface area contributed by atoms with Gasteiger partial charge >= 0.3 is 12.3 Å². The molecule has 1 unspecified atom stereocenters. The summed E-state index contributed by atoms with van der Waals surface area (Å²) in [4.78, 5) is 26.4. The summed E-state index contributed by atoms with van der Waals surface area (Å²) >= 11 is 6.04. The van der Waals surface area contributed by atoms with Crippen LogP contribution in [0.5, 0.6) is 0 Å². The molecule has 1 aliphatic carbocycles. The van der Waals surface area contributed by atoms with Gasteiger partial charge in [0.2, 0.25) is 5.28 Å². The zero-order valence-corrected chi connectivity index (χ0v) is 20.2. The van der Waals surface area contributed by atoms with E-state index < -0.39 is 52.5 Å². The van der Waals surface area contributed by atoms with Gasteiger partial charge in [0.15, 0.2) is 33.0 Å². The highest BCUT2D eigenvalue weighted by molar-refractivity contribution is 7.99. The molecule has 1 saturated heterocycles. The summed E-state index contributed by atoms with van der Waals surface area (Å²) in [6, 6.07) is 0.146. The molecule has 18 heteroatoms. The minimum atomic E-state index is -5.72. The van der Waals surface area contributed by atoms with Crippen LogP contribution in [0.1, 0.15) is 38.8 Å². The average Bonchev–Trinajstić information content (AvgIpc) is 3.43. The van der Waals surface area contributed by atoms with E-state index in [1.165, 1.54) is 0 Å². The first-order chi connectivity index (χ1) is 15.7. The number of nitrogens with one attached hydrogen (secondary N) is 1. The number of ether oxygens (including phenoxy) is 1. The molecule has 2 aliphatic rings. The van der Waals surface area contributed by atoms with E-state index in [1.54, 1.807) is 0 Å². The van der Waals surface area contributed by atoms with Gasteiger partial charge in [-0.25, -0.2) is 12.8 Å². The van der Waals surface area contributed by atoms with Crippen molar-refractivity contribution >= 4 is 46.0 Å². The Morgan fingerprint density at radius 3 is 2.53 bits per heavy atom. The first kappa shape index (κ1) is 25.6. The number of hydrogen-bond acceptors (Lipinski definition) is 11. The number of alkyl halides is 1. The molecule has 5 atom stereocenters. The highest BCUT2D eigenvalue weighted by Crippen LogP contribution is 2.55. The van der Waals surface area contributed by atoms with Crippen LogP contribution in [-0.4, -0.2) is 88.2 Å². The number of nitrogens with zero attached hydrogens (tertiary/aromatic N) is 5. The van der Waals surface area contributed by atoms with E-state index in [2.05, 4.69) is 25.6 Å². The molecule has 0 aromatic carbocycles. The van der Waals surface area contributed by atoms with Crippen LogP contribution in [0.4, 0.5) is 10.2 Å². The Morgan fingerprint density at radius 1 is 1.26 bits per heavy atom. The fourth-order valence-corrected chi connectivity index (χ4v) is 6.81. The van der Waals surface area contributed by atoms with E-state index in [-0.39, 0.29) is 29.4 Å². The summed E-state index contributed by atoms with van der Waals surface area (Å²) in [7, 11) is -10.9. The molecule has 2 aromatic heterocycles. The summed E-state index contributed by atoms with van der Waals surface area (Å²) in [6.07, 6.45) is -2.91. The average molecular weight is 545 g/mol. The largest absolute Gasteiger partial charge is 0.387 e. The molecule has 34 heavy (non-hydrogen) atoms. The van der Waals surface area contributed by atoms with Gasteiger partial charge in [-0.05, 0) is 31.4 Å². The summed E-state index contributed by atoms with van der Waals surface area (Å²) in [5.41, 5.74) is 0.210. The van der Waals surface area contributed by atoms with Crippen LogP contribution in [0.15, 0.2) is 0 Å². The van der Waals surface area contributed by atoms with E-state index >= 15 is 0 Å². The van der Waals surface area contributed by atoms with Crippen molar-refractivity contribution < 1.29 is 42.1 Å². The Hall–Kier alpha value is -1.52. The topological polar surface area (TPSA) is 210 Å². The Labute approximate surface area is 197 Å². The fourth-order valence-electron chi connectivity index (χ4n) is 3.96. The first-order valence-corrected chi connectivity index (χ1v) is 13.9. The van der Waals surface area contributed by atoms with Crippen LogP contribution in [-0.2, 0) is 19.1 Å². The number of halogens is 2. The van der Waals surface area contributed by atoms with Crippen LogP contribution >= 0.6 is 19.2 Å². The minimum absolute atomic E-state index is 0.0193. The van der Waals surface area contributed by atoms with E-state index in [9.17, 15) is 27.6 Å². The Kier molecular flexibility index (Phi) is 6.66. The molecule has 0 bridgehead atoms. The Bertz CT molecular complexity index is 1240. The molecule has 2 aromatic rings. The van der Waals surface area contributed by atoms with Crippen molar-refractivity contribution in [1.82, 2.24) is 25.0 Å². The molecule has 5 N–H and O–H groups in total. The predicted molar refractivity (Wildman–Crippen MR) is 115 cm³/mol. The smallest absolute Gasteiger partial charge is 0.377 e. The van der Waals surface area contributed by atoms with Crippen molar-refractivity contribution in [2.24, 2.45) is 0 Å². The normalized spacial score (nSPS) is 28.4. The number of sulfone groups is 1. The Balaban J connectivity index is 1.62. The third kappa shape index (κ3) is 4.41. The molecule has 3 heterocycles. The SMILES string of the molecule is CC(F)(P(=O)(O)O)S(=O)(=O)C[C@H]1O[C@@H](n2nnc3c(NC4CCCC4)nc(Cl)nc32)[C@H](O)[C@@H]1O. The molecule has 14 nitrogen and oxygen atoms in total. The van der Waals surface area contributed by atoms with Crippen molar-refractivity contribution in [1.29, 1.82) is 0 Å². The van der Waals surface area contributed by atoms with Crippen LogP contribution in [0.2, 0.25) is 5.28 Å². The van der Waals surface area contributed by atoms with E-state index in [0.717, 1.165) is 30.4 Å². The van der Waals surface area contributed by atoms with Crippen LogP contribution in [0.25, 0.3) is 11.2 Å². The quantitative estimate of drug-likeness (QED) is 0.231. The second-order valence-electron chi connectivity index (χ2n) is 8.41. The Morgan fingerprint density at radius 2 is 1.91 bits per heavy atom. The molecular weight excluding hydrogens is 522 g/mol. The minimum Gasteiger partial charge on any atom is -0.387 e. The number of aromatic nitrogens is 5. The molecule has 0 radical (unpaired) electrons. The molecule has 0 spiro atoms. The molecule has 1 saturated carbocycles. The number of rotatable bonds is 7. The van der Waals surface area contributed by atoms with Crippen molar-refractivity contribution in [3.05, 3.63) is 5.28 Å². The fraction of sp³-hybridized carbons (Fsp3) is 0.750. The van der Waals surface area contributed by atoms with Crippen LogP contribution < -0.4 is 5.32 Å². The van der Waals surface area contributed by atoms with Gasteiger partial charge in [0.25, 0.3) is 0 Å². The standard InChI is InChI=1S/C16H23ClFN6O8PS/c1-16(18,33(27,28)29)34(30,31)6-8-10(25)11(26)14(32-8)24-13-9(22-23-24)12(20-15(17)21-13)19-7-4-2-3-5-7/h7-8,10-11,14,25-26H,2-6H2,1H3,(H,19,20,21)(H2,27,28,29)/t8-,10-,11-,14-,16?/m1/s1. The van der Waals surface area contributed by atoms with E-state index in [0.29, 0.717) is 5.82 Å². The molecule has 0 amide bonds. The third-order valence-electron chi connectivity index (χ3n) is 6.04.